The summed E-state index contributed by atoms with van der Waals surface area (Å²) < 4.78 is 13.1. The Labute approximate surface area is 194 Å². The van der Waals surface area contributed by atoms with Crippen molar-refractivity contribution < 1.29 is 14.0 Å². The molecule has 2 N–H and O–H groups in total. The molecule has 2 aromatic carbocycles. The van der Waals surface area contributed by atoms with Crippen LogP contribution in [-0.4, -0.2) is 53.9 Å². The summed E-state index contributed by atoms with van der Waals surface area (Å²) in [5.41, 5.74) is 2.67. The van der Waals surface area contributed by atoms with Gasteiger partial charge in [-0.1, -0.05) is 29.8 Å². The number of aryl methyl sites for hydroxylation is 1. The van der Waals surface area contributed by atoms with E-state index in [4.69, 9.17) is 0 Å². The number of rotatable bonds is 9. The maximum atomic E-state index is 13.1. The van der Waals surface area contributed by atoms with E-state index in [9.17, 15) is 14.0 Å². The zero-order valence-corrected chi connectivity index (χ0v) is 19.6. The fourth-order valence-electron chi connectivity index (χ4n) is 3.92. The second kappa shape index (κ2) is 12.0. The number of amides is 2. The van der Waals surface area contributed by atoms with Gasteiger partial charge in [0.15, 0.2) is 0 Å². The highest BCUT2D eigenvalue weighted by atomic mass is 32.2. The lowest BCUT2D eigenvalue weighted by molar-refractivity contribution is -0.124. The van der Waals surface area contributed by atoms with Gasteiger partial charge in [-0.3, -0.25) is 14.5 Å². The van der Waals surface area contributed by atoms with E-state index < -0.39 is 6.04 Å². The Hall–Kier alpha value is -2.38. The molecule has 2 aromatic rings. The smallest absolute Gasteiger partial charge is 0.251 e. The molecule has 5 nitrogen and oxygen atoms in total. The van der Waals surface area contributed by atoms with E-state index >= 15 is 0 Å². The minimum Gasteiger partial charge on any atom is -0.351 e. The average molecular weight is 458 g/mol. The van der Waals surface area contributed by atoms with Gasteiger partial charge in [0.1, 0.15) is 11.9 Å². The molecule has 7 heteroatoms. The third-order valence-corrected chi connectivity index (χ3v) is 6.41. The van der Waals surface area contributed by atoms with Crippen LogP contribution in [0.4, 0.5) is 4.39 Å². The molecule has 0 radical (unpaired) electrons. The predicted octanol–water partition coefficient (Wildman–Crippen LogP) is 3.77. The van der Waals surface area contributed by atoms with Gasteiger partial charge in [-0.05, 0) is 68.0 Å². The van der Waals surface area contributed by atoms with Crippen molar-refractivity contribution in [1.82, 2.24) is 15.5 Å². The second-order valence-electron chi connectivity index (χ2n) is 8.36. The number of piperidine rings is 1. The molecule has 1 unspecified atom stereocenters. The SMILES string of the molecule is CSCCC(NC(=O)c1cccc(C)c1)C(=O)NC1CCN(Cc2ccc(F)cc2)CC1. The Morgan fingerprint density at radius 1 is 1.16 bits per heavy atom. The molecule has 32 heavy (non-hydrogen) atoms. The molecule has 2 amide bonds. The van der Waals surface area contributed by atoms with Gasteiger partial charge in [-0.2, -0.15) is 11.8 Å². The van der Waals surface area contributed by atoms with Crippen LogP contribution in [0.5, 0.6) is 0 Å². The van der Waals surface area contributed by atoms with Crippen molar-refractivity contribution in [1.29, 1.82) is 0 Å². The molecule has 1 aliphatic rings. The molecule has 0 spiro atoms. The van der Waals surface area contributed by atoms with E-state index in [0.717, 1.165) is 49.4 Å². The van der Waals surface area contributed by atoms with Gasteiger partial charge < -0.3 is 10.6 Å². The van der Waals surface area contributed by atoms with E-state index in [0.29, 0.717) is 12.0 Å². The van der Waals surface area contributed by atoms with Gasteiger partial charge in [0.05, 0.1) is 0 Å². The first kappa shape index (κ1) is 24.3. The van der Waals surface area contributed by atoms with Crippen molar-refractivity contribution in [2.45, 2.75) is 44.8 Å². The van der Waals surface area contributed by atoms with Crippen LogP contribution in [0.2, 0.25) is 0 Å². The third-order valence-electron chi connectivity index (χ3n) is 5.77. The summed E-state index contributed by atoms with van der Waals surface area (Å²) in [4.78, 5) is 28.0. The topological polar surface area (TPSA) is 61.4 Å². The molecule has 0 aromatic heterocycles. The van der Waals surface area contributed by atoms with Gasteiger partial charge in [0.25, 0.3) is 5.91 Å². The molecule has 1 heterocycles. The summed E-state index contributed by atoms with van der Waals surface area (Å²) in [5, 5.41) is 6.07. The summed E-state index contributed by atoms with van der Waals surface area (Å²) in [5.74, 6) is 0.240. The summed E-state index contributed by atoms with van der Waals surface area (Å²) in [6.07, 6.45) is 4.30. The number of thioether (sulfide) groups is 1. The number of carbonyl (C=O) groups excluding carboxylic acids is 2. The molecule has 0 bridgehead atoms. The first-order valence-corrected chi connectivity index (χ1v) is 12.5. The first-order chi connectivity index (χ1) is 15.4. The maximum absolute atomic E-state index is 13.1. The fraction of sp³-hybridized carbons (Fsp3) is 0.440. The summed E-state index contributed by atoms with van der Waals surface area (Å²) in [7, 11) is 0. The predicted molar refractivity (Wildman–Crippen MR) is 128 cm³/mol. The molecule has 0 saturated carbocycles. The number of hydrogen-bond acceptors (Lipinski definition) is 4. The fourth-order valence-corrected chi connectivity index (χ4v) is 4.39. The van der Waals surface area contributed by atoms with Crippen molar-refractivity contribution >= 4 is 23.6 Å². The summed E-state index contributed by atoms with van der Waals surface area (Å²) in [6.45, 7) is 4.46. The number of carbonyl (C=O) groups is 2. The monoisotopic (exact) mass is 457 g/mol. The summed E-state index contributed by atoms with van der Waals surface area (Å²) in [6, 6.07) is 13.5. The quantitative estimate of drug-likeness (QED) is 0.602. The molecule has 1 fully saturated rings. The van der Waals surface area contributed by atoms with E-state index in [1.165, 1.54) is 12.1 Å². The summed E-state index contributed by atoms with van der Waals surface area (Å²) >= 11 is 1.66. The minimum absolute atomic E-state index is 0.0969. The minimum atomic E-state index is -0.548. The molecule has 0 aliphatic carbocycles. The van der Waals surface area contributed by atoms with Crippen LogP contribution >= 0.6 is 11.8 Å². The number of likely N-dealkylation sites (tertiary alicyclic amines) is 1. The number of benzene rings is 2. The third kappa shape index (κ3) is 7.35. The molecule has 1 aliphatic heterocycles. The molecule has 172 valence electrons. The Morgan fingerprint density at radius 3 is 2.53 bits per heavy atom. The standard InChI is InChI=1S/C25H32FN3O2S/c1-18-4-3-5-20(16-18)24(30)28-23(12-15-32-2)25(31)27-22-10-13-29(14-11-22)17-19-6-8-21(26)9-7-19/h3-9,16,22-23H,10-15,17H2,1-2H3,(H,27,31)(H,28,30). The zero-order valence-electron chi connectivity index (χ0n) is 18.8. The molecule has 1 saturated heterocycles. The van der Waals surface area contributed by atoms with Crippen molar-refractivity contribution in [3.05, 3.63) is 71.0 Å². The zero-order chi connectivity index (χ0) is 22.9. The Kier molecular flexibility index (Phi) is 9.11. The van der Waals surface area contributed by atoms with Gasteiger partial charge >= 0.3 is 0 Å². The normalized spacial score (nSPS) is 15.8. The Balaban J connectivity index is 1.51. The van der Waals surface area contributed by atoms with Gasteiger partial charge in [0, 0.05) is 31.2 Å². The van der Waals surface area contributed by atoms with Crippen LogP contribution in [0.25, 0.3) is 0 Å². The Bertz CT molecular complexity index is 898. The number of nitrogens with zero attached hydrogens (tertiary/aromatic N) is 1. The van der Waals surface area contributed by atoms with E-state index in [2.05, 4.69) is 15.5 Å². The van der Waals surface area contributed by atoms with E-state index in [-0.39, 0.29) is 23.7 Å². The van der Waals surface area contributed by atoms with Crippen LogP contribution in [0.3, 0.4) is 0 Å². The second-order valence-corrected chi connectivity index (χ2v) is 9.35. The molecular formula is C25H32FN3O2S. The number of halogens is 1. The van der Waals surface area contributed by atoms with Crippen LogP contribution in [0, 0.1) is 12.7 Å². The largest absolute Gasteiger partial charge is 0.351 e. The first-order valence-electron chi connectivity index (χ1n) is 11.1. The molecule has 1 atom stereocenters. The Morgan fingerprint density at radius 2 is 1.88 bits per heavy atom. The average Bonchev–Trinajstić information content (AvgIpc) is 2.79. The van der Waals surface area contributed by atoms with Crippen molar-refractivity contribution in [2.75, 3.05) is 25.1 Å². The van der Waals surface area contributed by atoms with E-state index in [1.807, 2.05) is 43.5 Å². The van der Waals surface area contributed by atoms with Crippen LogP contribution in [0.1, 0.15) is 40.7 Å². The van der Waals surface area contributed by atoms with Crippen molar-refractivity contribution in [2.24, 2.45) is 0 Å². The number of nitrogens with one attached hydrogen (secondary N) is 2. The van der Waals surface area contributed by atoms with Crippen molar-refractivity contribution in [3.8, 4) is 0 Å². The lowest BCUT2D eigenvalue weighted by atomic mass is 10.0. The highest BCUT2D eigenvalue weighted by molar-refractivity contribution is 7.98. The van der Waals surface area contributed by atoms with Gasteiger partial charge in [0.2, 0.25) is 5.91 Å². The highest BCUT2D eigenvalue weighted by Gasteiger charge is 2.26. The van der Waals surface area contributed by atoms with Gasteiger partial charge in [-0.15, -0.1) is 0 Å². The van der Waals surface area contributed by atoms with Crippen LogP contribution in [0.15, 0.2) is 48.5 Å². The lowest BCUT2D eigenvalue weighted by Crippen LogP contribution is -2.52. The molecular weight excluding hydrogens is 425 g/mol. The van der Waals surface area contributed by atoms with E-state index in [1.54, 1.807) is 17.8 Å². The maximum Gasteiger partial charge on any atom is 0.251 e. The van der Waals surface area contributed by atoms with Crippen LogP contribution < -0.4 is 10.6 Å². The number of hydrogen-bond donors (Lipinski definition) is 2. The highest BCUT2D eigenvalue weighted by Crippen LogP contribution is 2.15. The van der Waals surface area contributed by atoms with Gasteiger partial charge in [-0.25, -0.2) is 4.39 Å². The van der Waals surface area contributed by atoms with Crippen LogP contribution in [-0.2, 0) is 11.3 Å². The molecule has 3 rings (SSSR count). The lowest BCUT2D eigenvalue weighted by Gasteiger charge is -2.33. The van der Waals surface area contributed by atoms with Crippen molar-refractivity contribution in [3.63, 3.8) is 0 Å².